The van der Waals surface area contributed by atoms with Crippen LogP contribution in [0.25, 0.3) is 0 Å². The Balaban J connectivity index is 1.49. The fourth-order valence-corrected chi connectivity index (χ4v) is 7.47. The molecule has 0 bridgehead atoms. The summed E-state index contributed by atoms with van der Waals surface area (Å²) in [6.45, 7) is 6.79. The summed E-state index contributed by atoms with van der Waals surface area (Å²) in [4.78, 5) is 41.0. The summed E-state index contributed by atoms with van der Waals surface area (Å²) >= 11 is 0. The molecule has 2 amide bonds. The maximum Gasteiger partial charge on any atom is 0.408 e. The van der Waals surface area contributed by atoms with Crippen LogP contribution in [-0.2, 0) is 44.2 Å². The molecule has 0 spiro atoms. The Kier molecular flexibility index (Phi) is 9.68. The van der Waals surface area contributed by atoms with Gasteiger partial charge in [0, 0.05) is 0 Å². The van der Waals surface area contributed by atoms with E-state index in [9.17, 15) is 27.0 Å². The van der Waals surface area contributed by atoms with Gasteiger partial charge in [0.05, 0.1) is 16.6 Å². The van der Waals surface area contributed by atoms with Gasteiger partial charge in [-0.15, -0.1) is 0 Å². The lowest BCUT2D eigenvalue weighted by Gasteiger charge is -2.49. The molecule has 5 rings (SSSR count). The van der Waals surface area contributed by atoms with E-state index in [1.165, 1.54) is 18.2 Å². The van der Waals surface area contributed by atoms with E-state index in [1.54, 1.807) is 81.4 Å². The lowest BCUT2D eigenvalue weighted by Crippen LogP contribution is -2.73. The Labute approximate surface area is 275 Å². The van der Waals surface area contributed by atoms with Gasteiger partial charge < -0.3 is 19.0 Å². The minimum atomic E-state index is -4.22. The number of ether oxygens (including phenoxy) is 2. The molecule has 3 unspecified atom stereocenters. The molecule has 2 heterocycles. The molecule has 246 valence electrons. The Hall–Kier alpha value is -4.75. The van der Waals surface area contributed by atoms with Crippen LogP contribution in [0.15, 0.2) is 113 Å². The van der Waals surface area contributed by atoms with Gasteiger partial charge in [-0.3, -0.25) is 13.9 Å². The largest absolute Gasteiger partial charge is 0.448 e. The number of nitrogens with zero attached hydrogens (tertiary/aromatic N) is 1. The van der Waals surface area contributed by atoms with Crippen LogP contribution in [0.5, 0.6) is 0 Å². The fourth-order valence-electron chi connectivity index (χ4n) is 5.05. The van der Waals surface area contributed by atoms with Gasteiger partial charge in [-0.2, -0.15) is 8.42 Å². The molecule has 47 heavy (non-hydrogen) atoms. The summed E-state index contributed by atoms with van der Waals surface area (Å²) in [5.41, 5.74) is 1.13. The normalized spacial score (nSPS) is 19.6. The van der Waals surface area contributed by atoms with Gasteiger partial charge in [-0.1, -0.05) is 78.4 Å². The second-order valence-electron chi connectivity index (χ2n) is 11.9. The van der Waals surface area contributed by atoms with Gasteiger partial charge >= 0.3 is 22.2 Å². The van der Waals surface area contributed by atoms with Crippen molar-refractivity contribution in [3.63, 3.8) is 0 Å². The first-order chi connectivity index (χ1) is 22.2. The van der Waals surface area contributed by atoms with E-state index in [0.717, 1.165) is 16.7 Å². The summed E-state index contributed by atoms with van der Waals surface area (Å²) in [6.07, 6.45) is 0.285. The Morgan fingerprint density at radius 3 is 2.09 bits per heavy atom. The molecule has 2 aliphatic rings. The van der Waals surface area contributed by atoms with Crippen molar-refractivity contribution in [3.8, 4) is 0 Å². The molecule has 11 nitrogen and oxygen atoms in total. The number of nitrogens with one attached hydrogen (secondary N) is 1. The Morgan fingerprint density at radius 1 is 0.957 bits per heavy atom. The summed E-state index contributed by atoms with van der Waals surface area (Å²) in [5, 5.41) is 1.36. The molecular weight excluding hydrogens is 645 g/mol. The van der Waals surface area contributed by atoms with Crippen LogP contribution in [0.4, 0.5) is 4.79 Å². The number of carbonyl (C=O) groups is 3. The van der Waals surface area contributed by atoms with Crippen LogP contribution in [-0.4, -0.2) is 58.3 Å². The van der Waals surface area contributed by atoms with Crippen molar-refractivity contribution in [2.75, 3.05) is 5.75 Å². The second kappa shape index (κ2) is 13.5. The minimum absolute atomic E-state index is 0.0487. The first-order valence-electron chi connectivity index (χ1n) is 14.7. The molecular formula is C34H34N2O9S2. The highest BCUT2D eigenvalue weighted by Crippen LogP contribution is 2.38. The number of fused-ring (bicyclic) bond motifs is 1. The second-order valence-corrected chi connectivity index (χ2v) is 15.0. The van der Waals surface area contributed by atoms with E-state index in [0.29, 0.717) is 11.1 Å². The molecule has 13 heteroatoms. The summed E-state index contributed by atoms with van der Waals surface area (Å²) in [5.74, 6) is -1.90. The Morgan fingerprint density at radius 2 is 1.53 bits per heavy atom. The Bertz CT molecular complexity index is 1810. The van der Waals surface area contributed by atoms with Crippen molar-refractivity contribution in [1.82, 2.24) is 10.2 Å². The predicted molar refractivity (Wildman–Crippen MR) is 173 cm³/mol. The lowest BCUT2D eigenvalue weighted by molar-refractivity contribution is -0.153. The van der Waals surface area contributed by atoms with E-state index in [1.807, 2.05) is 19.1 Å². The van der Waals surface area contributed by atoms with E-state index < -0.39 is 62.0 Å². The van der Waals surface area contributed by atoms with Crippen LogP contribution in [0, 0.1) is 6.92 Å². The number of β-lactam (4-membered cyclic amide) rings is 1. The number of amides is 2. The molecule has 2 aliphatic heterocycles. The number of benzene rings is 3. The molecule has 1 N–H and O–H groups in total. The van der Waals surface area contributed by atoms with Crippen molar-refractivity contribution >= 4 is 38.9 Å². The van der Waals surface area contributed by atoms with E-state index >= 15 is 0 Å². The maximum atomic E-state index is 14.1. The molecule has 0 radical (unpaired) electrons. The quantitative estimate of drug-likeness (QED) is 0.148. The van der Waals surface area contributed by atoms with E-state index in [-0.39, 0.29) is 21.9 Å². The highest BCUT2D eigenvalue weighted by atomic mass is 32.2. The smallest absolute Gasteiger partial charge is 0.408 e. The third-order valence-corrected chi connectivity index (χ3v) is 10.0. The van der Waals surface area contributed by atoms with Gasteiger partial charge in [0.15, 0.2) is 6.10 Å². The number of allylic oxidation sites excluding steroid dienone is 1. The monoisotopic (exact) mass is 678 g/mol. The SMILES string of the molecule is Cc1ccc(S(=O)(=O)OC=CC2=C(C(=O)OC(c3ccccc3)c3ccccc3)N3C(=O)C(NC(=O)OC(C)(C)C)C3S(=O)C2)cc1. The first-order valence-corrected chi connectivity index (χ1v) is 17.4. The van der Waals surface area contributed by atoms with Crippen molar-refractivity contribution in [2.45, 2.75) is 55.7 Å². The van der Waals surface area contributed by atoms with Gasteiger partial charge in [0.2, 0.25) is 0 Å². The maximum absolute atomic E-state index is 14.1. The summed E-state index contributed by atoms with van der Waals surface area (Å²) in [6, 6.07) is 22.8. The summed E-state index contributed by atoms with van der Waals surface area (Å²) < 4.78 is 55.5. The number of esters is 1. The zero-order chi connectivity index (χ0) is 33.9. The highest BCUT2D eigenvalue weighted by Gasteiger charge is 2.57. The van der Waals surface area contributed by atoms with Crippen molar-refractivity contribution in [1.29, 1.82) is 0 Å². The van der Waals surface area contributed by atoms with Crippen LogP contribution < -0.4 is 5.32 Å². The first kappa shape index (κ1) is 33.6. The van der Waals surface area contributed by atoms with Crippen LogP contribution in [0.3, 0.4) is 0 Å². The average Bonchev–Trinajstić information content (AvgIpc) is 3.02. The fraction of sp³-hybridized carbons (Fsp3) is 0.265. The van der Waals surface area contributed by atoms with Crippen molar-refractivity contribution < 1.29 is 40.7 Å². The number of alkyl carbamates (subject to hydrolysis) is 1. The third kappa shape index (κ3) is 7.63. The molecule has 3 aromatic carbocycles. The standard InChI is InChI=1S/C34H34N2O9S2/c1-22-15-17-26(18-16-22)47(41,42)43-20-19-25-21-46(40)31-27(35-33(39)45-34(2,3)4)30(37)36(31)28(25)32(38)44-29(23-11-7-5-8-12-23)24-13-9-6-10-14-24/h5-20,27,29,31H,21H2,1-4H3,(H,35,39). The molecule has 0 aliphatic carbocycles. The lowest BCUT2D eigenvalue weighted by atomic mass is 10.0. The van der Waals surface area contributed by atoms with E-state index in [2.05, 4.69) is 5.32 Å². The molecule has 3 atom stereocenters. The van der Waals surface area contributed by atoms with Crippen LogP contribution in [0.1, 0.15) is 43.6 Å². The zero-order valence-electron chi connectivity index (χ0n) is 26.1. The third-order valence-electron chi connectivity index (χ3n) is 7.21. The molecule has 1 fully saturated rings. The van der Waals surface area contributed by atoms with Gasteiger partial charge in [0.25, 0.3) is 5.91 Å². The van der Waals surface area contributed by atoms with Gasteiger partial charge in [-0.05, 0) is 62.6 Å². The van der Waals surface area contributed by atoms with Gasteiger partial charge in [0.1, 0.15) is 33.9 Å². The molecule has 0 saturated carbocycles. The molecule has 1 saturated heterocycles. The number of carbonyl (C=O) groups excluding carboxylic acids is 3. The highest BCUT2D eigenvalue weighted by molar-refractivity contribution is 7.87. The molecule has 0 aromatic heterocycles. The van der Waals surface area contributed by atoms with E-state index in [4.69, 9.17) is 13.7 Å². The number of aryl methyl sites for hydroxylation is 1. The predicted octanol–water partition coefficient (Wildman–Crippen LogP) is 4.62. The number of hydrogen-bond donors (Lipinski definition) is 1. The summed E-state index contributed by atoms with van der Waals surface area (Å²) in [7, 11) is -6.04. The molecule has 3 aromatic rings. The zero-order valence-corrected chi connectivity index (χ0v) is 27.7. The van der Waals surface area contributed by atoms with Crippen molar-refractivity contribution in [2.24, 2.45) is 0 Å². The number of rotatable bonds is 9. The number of hydrogen-bond acceptors (Lipinski definition) is 9. The topological polar surface area (TPSA) is 145 Å². The van der Waals surface area contributed by atoms with Crippen molar-refractivity contribution in [3.05, 3.63) is 125 Å². The average molecular weight is 679 g/mol. The van der Waals surface area contributed by atoms with Crippen LogP contribution >= 0.6 is 0 Å². The van der Waals surface area contributed by atoms with Crippen LogP contribution in [0.2, 0.25) is 0 Å². The minimum Gasteiger partial charge on any atom is -0.448 e. The van der Waals surface area contributed by atoms with Gasteiger partial charge in [-0.25, -0.2) is 9.59 Å².